The van der Waals surface area contributed by atoms with E-state index in [0.717, 1.165) is 5.56 Å². The van der Waals surface area contributed by atoms with Crippen molar-refractivity contribution in [2.24, 2.45) is 5.14 Å². The number of ether oxygens (including phenoxy) is 2. The lowest BCUT2D eigenvalue weighted by atomic mass is 10.1. The SMILES string of the molecule is NS(=O)(=O)c1ccc(CCNC(=O)c2ccc(NC(=O)C3COc4ccccc4O3)cc2)cc1. The zero-order valence-corrected chi connectivity index (χ0v) is 18.9. The van der Waals surface area contributed by atoms with Crippen LogP contribution in [0.4, 0.5) is 5.69 Å². The number of fused-ring (bicyclic) bond motifs is 1. The van der Waals surface area contributed by atoms with E-state index >= 15 is 0 Å². The number of nitrogens with one attached hydrogen (secondary N) is 2. The number of anilines is 1. The van der Waals surface area contributed by atoms with Gasteiger partial charge in [-0.15, -0.1) is 0 Å². The van der Waals surface area contributed by atoms with Gasteiger partial charge in [-0.1, -0.05) is 24.3 Å². The summed E-state index contributed by atoms with van der Waals surface area (Å²) in [6.45, 7) is 0.473. The zero-order valence-electron chi connectivity index (χ0n) is 18.1. The van der Waals surface area contributed by atoms with Gasteiger partial charge in [0.15, 0.2) is 11.5 Å². The van der Waals surface area contributed by atoms with E-state index in [0.29, 0.717) is 35.7 Å². The number of hydrogen-bond donors (Lipinski definition) is 3. The lowest BCUT2D eigenvalue weighted by Gasteiger charge is -2.25. The van der Waals surface area contributed by atoms with Crippen LogP contribution in [-0.4, -0.2) is 39.5 Å². The molecule has 0 radical (unpaired) electrons. The van der Waals surface area contributed by atoms with Crippen LogP contribution < -0.4 is 25.2 Å². The molecule has 4 rings (SSSR count). The smallest absolute Gasteiger partial charge is 0.269 e. The van der Waals surface area contributed by atoms with Crippen LogP contribution in [0.5, 0.6) is 11.5 Å². The molecular weight excluding hydrogens is 458 g/mol. The standard InChI is InChI=1S/C24H23N3O6S/c25-34(30,31)19-11-5-16(6-12-19)13-14-26-23(28)17-7-9-18(10-8-17)27-24(29)22-15-32-20-3-1-2-4-21(20)33-22/h1-12,22H,13-15H2,(H,26,28)(H,27,29)(H2,25,30,31). The second-order valence-corrected chi connectivity index (χ2v) is 9.19. The number of nitrogens with two attached hydrogens (primary N) is 1. The Hall–Kier alpha value is -3.89. The number of para-hydroxylation sites is 2. The van der Waals surface area contributed by atoms with Gasteiger partial charge in [0, 0.05) is 17.8 Å². The summed E-state index contributed by atoms with van der Waals surface area (Å²) in [6, 6.07) is 19.8. The minimum absolute atomic E-state index is 0.0415. The highest BCUT2D eigenvalue weighted by Crippen LogP contribution is 2.31. The topological polar surface area (TPSA) is 137 Å². The van der Waals surface area contributed by atoms with Gasteiger partial charge in [0.1, 0.15) is 6.61 Å². The molecule has 1 aliphatic heterocycles. The van der Waals surface area contributed by atoms with Crippen molar-refractivity contribution in [1.29, 1.82) is 0 Å². The summed E-state index contributed by atoms with van der Waals surface area (Å²) < 4.78 is 33.9. The fraction of sp³-hybridized carbons (Fsp3) is 0.167. The molecule has 3 aromatic carbocycles. The summed E-state index contributed by atoms with van der Waals surface area (Å²) in [5.74, 6) is 0.503. The summed E-state index contributed by atoms with van der Waals surface area (Å²) in [6.07, 6.45) is -0.255. The molecule has 9 nitrogen and oxygen atoms in total. The largest absolute Gasteiger partial charge is 0.485 e. The fourth-order valence-corrected chi connectivity index (χ4v) is 3.86. The van der Waals surface area contributed by atoms with Crippen molar-refractivity contribution >= 4 is 27.5 Å². The Labute approximate surface area is 196 Å². The number of carbonyl (C=O) groups excluding carboxylic acids is 2. The van der Waals surface area contributed by atoms with E-state index in [1.54, 1.807) is 54.6 Å². The number of primary sulfonamides is 1. The molecule has 1 heterocycles. The maximum Gasteiger partial charge on any atom is 0.269 e. The Bertz CT molecular complexity index is 1290. The fourth-order valence-electron chi connectivity index (χ4n) is 3.34. The van der Waals surface area contributed by atoms with E-state index in [4.69, 9.17) is 14.6 Å². The monoisotopic (exact) mass is 481 g/mol. The summed E-state index contributed by atoms with van der Waals surface area (Å²) in [7, 11) is -3.73. The highest BCUT2D eigenvalue weighted by molar-refractivity contribution is 7.89. The van der Waals surface area contributed by atoms with Crippen molar-refractivity contribution < 1.29 is 27.5 Å². The number of sulfonamides is 1. The van der Waals surface area contributed by atoms with E-state index in [9.17, 15) is 18.0 Å². The molecule has 0 aromatic heterocycles. The van der Waals surface area contributed by atoms with Gasteiger partial charge < -0.3 is 20.1 Å². The minimum Gasteiger partial charge on any atom is -0.485 e. The van der Waals surface area contributed by atoms with Crippen molar-refractivity contribution in [1.82, 2.24) is 5.32 Å². The Balaban J connectivity index is 1.26. The molecule has 0 saturated carbocycles. The molecule has 2 amide bonds. The average Bonchev–Trinajstić information content (AvgIpc) is 2.84. The number of benzene rings is 3. The normalized spacial score (nSPS) is 14.8. The zero-order chi connectivity index (χ0) is 24.1. The highest BCUT2D eigenvalue weighted by Gasteiger charge is 2.27. The summed E-state index contributed by atoms with van der Waals surface area (Å²) in [4.78, 5) is 24.9. The molecular formula is C24H23N3O6S. The van der Waals surface area contributed by atoms with E-state index in [1.165, 1.54) is 12.1 Å². The first-order chi connectivity index (χ1) is 16.3. The van der Waals surface area contributed by atoms with E-state index in [1.807, 2.05) is 6.07 Å². The van der Waals surface area contributed by atoms with Crippen molar-refractivity contribution in [3.8, 4) is 11.5 Å². The molecule has 10 heteroatoms. The molecule has 1 atom stereocenters. The molecule has 0 fully saturated rings. The molecule has 1 unspecified atom stereocenters. The summed E-state index contributed by atoms with van der Waals surface area (Å²) in [5, 5.41) is 10.7. The average molecular weight is 482 g/mol. The molecule has 176 valence electrons. The molecule has 0 saturated heterocycles. The van der Waals surface area contributed by atoms with E-state index < -0.39 is 16.1 Å². The van der Waals surface area contributed by atoms with Crippen LogP contribution in [0.1, 0.15) is 15.9 Å². The van der Waals surface area contributed by atoms with E-state index in [-0.39, 0.29) is 23.3 Å². The second kappa shape index (κ2) is 9.94. The van der Waals surface area contributed by atoms with Crippen molar-refractivity contribution in [3.05, 3.63) is 83.9 Å². The summed E-state index contributed by atoms with van der Waals surface area (Å²) >= 11 is 0. The van der Waals surface area contributed by atoms with Crippen LogP contribution in [0.15, 0.2) is 77.7 Å². The van der Waals surface area contributed by atoms with Crippen molar-refractivity contribution in [2.45, 2.75) is 17.4 Å². The molecule has 34 heavy (non-hydrogen) atoms. The minimum atomic E-state index is -3.73. The quantitative estimate of drug-likeness (QED) is 0.473. The van der Waals surface area contributed by atoms with Gasteiger partial charge in [-0.2, -0.15) is 0 Å². The summed E-state index contributed by atoms with van der Waals surface area (Å²) in [5.41, 5.74) is 1.83. The van der Waals surface area contributed by atoms with Crippen molar-refractivity contribution in [3.63, 3.8) is 0 Å². The third-order valence-corrected chi connectivity index (χ3v) is 6.10. The van der Waals surface area contributed by atoms with Crippen LogP contribution >= 0.6 is 0 Å². The second-order valence-electron chi connectivity index (χ2n) is 7.63. The van der Waals surface area contributed by atoms with Gasteiger partial charge in [0.25, 0.3) is 11.8 Å². The highest BCUT2D eigenvalue weighted by atomic mass is 32.2. The van der Waals surface area contributed by atoms with Gasteiger partial charge in [0.05, 0.1) is 4.90 Å². The van der Waals surface area contributed by atoms with Crippen LogP contribution in [0.25, 0.3) is 0 Å². The Morgan fingerprint density at radius 2 is 1.62 bits per heavy atom. The van der Waals surface area contributed by atoms with Gasteiger partial charge in [-0.25, -0.2) is 13.6 Å². The van der Waals surface area contributed by atoms with Gasteiger partial charge in [0.2, 0.25) is 16.1 Å². The van der Waals surface area contributed by atoms with Gasteiger partial charge in [-0.05, 0) is 60.5 Å². The van der Waals surface area contributed by atoms with Crippen LogP contribution in [0, 0.1) is 0 Å². The molecule has 3 aromatic rings. The first-order valence-electron chi connectivity index (χ1n) is 10.5. The molecule has 0 aliphatic carbocycles. The van der Waals surface area contributed by atoms with Crippen molar-refractivity contribution in [2.75, 3.05) is 18.5 Å². The molecule has 0 spiro atoms. The van der Waals surface area contributed by atoms with E-state index in [2.05, 4.69) is 10.6 Å². The Morgan fingerprint density at radius 3 is 2.29 bits per heavy atom. The van der Waals surface area contributed by atoms with Crippen LogP contribution in [0.2, 0.25) is 0 Å². The third-order valence-electron chi connectivity index (χ3n) is 5.17. The lowest BCUT2D eigenvalue weighted by Crippen LogP contribution is -2.40. The maximum absolute atomic E-state index is 12.5. The van der Waals surface area contributed by atoms with Crippen LogP contribution in [0.3, 0.4) is 0 Å². The molecule has 4 N–H and O–H groups in total. The predicted molar refractivity (Wildman–Crippen MR) is 125 cm³/mol. The predicted octanol–water partition coefficient (Wildman–Crippen LogP) is 2.08. The first-order valence-corrected chi connectivity index (χ1v) is 12.0. The molecule has 0 bridgehead atoms. The third kappa shape index (κ3) is 5.72. The van der Waals surface area contributed by atoms with Crippen LogP contribution in [-0.2, 0) is 21.2 Å². The number of hydrogen-bond acceptors (Lipinski definition) is 6. The first kappa shape index (κ1) is 23.3. The maximum atomic E-state index is 12.5. The van der Waals surface area contributed by atoms with Gasteiger partial charge >= 0.3 is 0 Å². The number of rotatable bonds is 7. The number of amides is 2. The number of carbonyl (C=O) groups is 2. The molecule has 1 aliphatic rings. The Morgan fingerprint density at radius 1 is 0.941 bits per heavy atom. The lowest BCUT2D eigenvalue weighted by molar-refractivity contribution is -0.125. The van der Waals surface area contributed by atoms with Gasteiger partial charge in [-0.3, -0.25) is 9.59 Å². The Kier molecular flexibility index (Phi) is 6.80.